The fourth-order valence-electron chi connectivity index (χ4n) is 3.28. The molecular weight excluding hydrogens is 342 g/mol. The highest BCUT2D eigenvalue weighted by molar-refractivity contribution is 6.31. The summed E-state index contributed by atoms with van der Waals surface area (Å²) >= 11 is 5.99. The molecule has 0 radical (unpaired) electrons. The molecule has 25 heavy (non-hydrogen) atoms. The number of hydrogen-bond donors (Lipinski definition) is 0. The maximum Gasteiger partial charge on any atom is 0.352 e. The van der Waals surface area contributed by atoms with Gasteiger partial charge in [0.15, 0.2) is 5.65 Å². The number of aromatic nitrogens is 4. The van der Waals surface area contributed by atoms with Gasteiger partial charge in [-0.05, 0) is 31.0 Å². The normalized spacial score (nSPS) is 15.6. The second-order valence-corrected chi connectivity index (χ2v) is 6.77. The van der Waals surface area contributed by atoms with Crippen LogP contribution in [0.3, 0.4) is 0 Å². The number of carbonyl (C=O) groups is 1. The van der Waals surface area contributed by atoms with Gasteiger partial charge in [-0.2, -0.15) is 0 Å². The van der Waals surface area contributed by atoms with E-state index in [0.717, 1.165) is 44.2 Å². The molecule has 0 unspecified atom stereocenters. The number of halogens is 1. The van der Waals surface area contributed by atoms with Gasteiger partial charge in [-0.15, -0.1) is 5.10 Å². The van der Waals surface area contributed by atoms with E-state index in [9.17, 15) is 9.59 Å². The average Bonchev–Trinajstić information content (AvgIpc) is 2.80. The van der Waals surface area contributed by atoms with E-state index in [-0.39, 0.29) is 18.1 Å². The molecule has 0 N–H and O–H groups in total. The van der Waals surface area contributed by atoms with Crippen LogP contribution in [0.25, 0.3) is 16.6 Å². The third kappa shape index (κ3) is 3.00. The standard InChI is InChI=1S/C17H18ClN5O2/c18-12-5-6-13-14(9-12)19-11-22-16(13)20-23(17(22)25)10-15(24)21-7-3-1-2-4-8-21/h5-6,9,11H,1-4,7-8,10H2. The van der Waals surface area contributed by atoms with Crippen molar-refractivity contribution in [2.24, 2.45) is 0 Å². The summed E-state index contributed by atoms with van der Waals surface area (Å²) < 4.78 is 2.59. The van der Waals surface area contributed by atoms with Crippen molar-refractivity contribution in [1.29, 1.82) is 0 Å². The maximum absolute atomic E-state index is 12.6. The van der Waals surface area contributed by atoms with Crippen LogP contribution in [0.5, 0.6) is 0 Å². The number of benzene rings is 1. The molecule has 0 atom stereocenters. The Morgan fingerprint density at radius 2 is 1.92 bits per heavy atom. The molecule has 0 bridgehead atoms. The Kier molecular flexibility index (Phi) is 4.17. The lowest BCUT2D eigenvalue weighted by molar-refractivity contribution is -0.132. The molecule has 1 aliphatic rings. The Morgan fingerprint density at radius 1 is 1.16 bits per heavy atom. The van der Waals surface area contributed by atoms with Crippen molar-refractivity contribution < 1.29 is 4.79 Å². The van der Waals surface area contributed by atoms with Crippen molar-refractivity contribution in [3.8, 4) is 0 Å². The molecule has 1 fully saturated rings. The fraction of sp³-hybridized carbons (Fsp3) is 0.412. The largest absolute Gasteiger partial charge is 0.352 e. The van der Waals surface area contributed by atoms with E-state index in [1.807, 2.05) is 4.90 Å². The molecule has 130 valence electrons. The van der Waals surface area contributed by atoms with Gasteiger partial charge < -0.3 is 4.90 Å². The van der Waals surface area contributed by atoms with Crippen molar-refractivity contribution in [2.45, 2.75) is 32.2 Å². The van der Waals surface area contributed by atoms with E-state index in [4.69, 9.17) is 11.6 Å². The third-order valence-electron chi connectivity index (χ3n) is 4.63. The molecule has 1 saturated heterocycles. The molecule has 4 rings (SSSR count). The Labute approximate surface area is 148 Å². The molecule has 2 aromatic heterocycles. The molecule has 0 saturated carbocycles. The van der Waals surface area contributed by atoms with E-state index < -0.39 is 0 Å². The highest BCUT2D eigenvalue weighted by Crippen LogP contribution is 2.19. The minimum Gasteiger partial charge on any atom is -0.341 e. The number of amides is 1. The molecule has 0 spiro atoms. The van der Waals surface area contributed by atoms with Crippen LogP contribution in [-0.4, -0.2) is 43.1 Å². The highest BCUT2D eigenvalue weighted by atomic mass is 35.5. The summed E-state index contributed by atoms with van der Waals surface area (Å²) in [5.41, 5.74) is 0.786. The monoisotopic (exact) mass is 359 g/mol. The first-order valence-corrected chi connectivity index (χ1v) is 8.82. The summed E-state index contributed by atoms with van der Waals surface area (Å²) in [5.74, 6) is -0.0623. The van der Waals surface area contributed by atoms with E-state index in [0.29, 0.717) is 16.2 Å². The second-order valence-electron chi connectivity index (χ2n) is 6.33. The van der Waals surface area contributed by atoms with Crippen molar-refractivity contribution in [1.82, 2.24) is 24.1 Å². The number of fused-ring (bicyclic) bond motifs is 3. The quantitative estimate of drug-likeness (QED) is 0.702. The Hall–Kier alpha value is -2.41. The second kappa shape index (κ2) is 6.48. The summed E-state index contributed by atoms with van der Waals surface area (Å²) in [7, 11) is 0. The van der Waals surface area contributed by atoms with Crippen LogP contribution in [0.4, 0.5) is 0 Å². The fourth-order valence-corrected chi connectivity index (χ4v) is 3.45. The number of hydrogen-bond acceptors (Lipinski definition) is 4. The molecule has 8 heteroatoms. The topological polar surface area (TPSA) is 72.5 Å². The minimum atomic E-state index is -0.359. The number of nitrogens with zero attached hydrogens (tertiary/aromatic N) is 5. The first kappa shape index (κ1) is 16.1. The molecule has 1 aliphatic heterocycles. The van der Waals surface area contributed by atoms with Crippen LogP contribution < -0.4 is 5.69 Å². The van der Waals surface area contributed by atoms with Crippen molar-refractivity contribution in [3.63, 3.8) is 0 Å². The van der Waals surface area contributed by atoms with Crippen molar-refractivity contribution in [3.05, 3.63) is 40.0 Å². The van der Waals surface area contributed by atoms with E-state index in [1.54, 1.807) is 18.2 Å². The van der Waals surface area contributed by atoms with Crippen LogP contribution in [0, 0.1) is 0 Å². The van der Waals surface area contributed by atoms with Crippen LogP contribution in [0.15, 0.2) is 29.3 Å². The molecule has 1 aromatic carbocycles. The van der Waals surface area contributed by atoms with Gasteiger partial charge in [0.2, 0.25) is 5.91 Å². The lowest BCUT2D eigenvalue weighted by Gasteiger charge is -2.19. The van der Waals surface area contributed by atoms with Gasteiger partial charge in [0, 0.05) is 23.5 Å². The summed E-state index contributed by atoms with van der Waals surface area (Å²) in [6.07, 6.45) is 5.76. The zero-order valence-electron chi connectivity index (χ0n) is 13.7. The number of likely N-dealkylation sites (tertiary alicyclic amines) is 1. The Balaban J connectivity index is 1.70. The Morgan fingerprint density at radius 3 is 2.68 bits per heavy atom. The maximum atomic E-state index is 12.6. The smallest absolute Gasteiger partial charge is 0.341 e. The summed E-state index contributed by atoms with van der Waals surface area (Å²) in [6.45, 7) is 1.46. The molecule has 3 aromatic rings. The Bertz CT molecular complexity index is 1000. The first-order chi connectivity index (χ1) is 12.1. The number of carbonyl (C=O) groups excluding carboxylic acids is 1. The first-order valence-electron chi connectivity index (χ1n) is 8.45. The lowest BCUT2D eigenvalue weighted by Crippen LogP contribution is -2.37. The van der Waals surface area contributed by atoms with Crippen LogP contribution in [-0.2, 0) is 11.3 Å². The van der Waals surface area contributed by atoms with Gasteiger partial charge in [-0.25, -0.2) is 18.9 Å². The van der Waals surface area contributed by atoms with E-state index in [2.05, 4.69) is 10.1 Å². The van der Waals surface area contributed by atoms with Gasteiger partial charge in [0.05, 0.1) is 5.52 Å². The van der Waals surface area contributed by atoms with Crippen LogP contribution >= 0.6 is 11.6 Å². The van der Waals surface area contributed by atoms with Gasteiger partial charge >= 0.3 is 5.69 Å². The summed E-state index contributed by atoms with van der Waals surface area (Å²) in [5, 5.41) is 5.66. The summed E-state index contributed by atoms with van der Waals surface area (Å²) in [4.78, 5) is 31.2. The van der Waals surface area contributed by atoms with Crippen LogP contribution in [0.2, 0.25) is 5.02 Å². The van der Waals surface area contributed by atoms with Gasteiger partial charge in [-0.1, -0.05) is 24.4 Å². The summed E-state index contributed by atoms with van der Waals surface area (Å²) in [6, 6.07) is 5.24. The highest BCUT2D eigenvalue weighted by Gasteiger charge is 2.19. The molecule has 7 nitrogen and oxygen atoms in total. The van der Waals surface area contributed by atoms with Crippen molar-refractivity contribution >= 4 is 34.1 Å². The van der Waals surface area contributed by atoms with Gasteiger partial charge in [0.25, 0.3) is 0 Å². The zero-order valence-corrected chi connectivity index (χ0v) is 14.4. The zero-order chi connectivity index (χ0) is 17.4. The number of rotatable bonds is 2. The lowest BCUT2D eigenvalue weighted by atomic mass is 10.2. The van der Waals surface area contributed by atoms with Gasteiger partial charge in [-0.3, -0.25) is 4.79 Å². The average molecular weight is 360 g/mol. The molecular formula is C17H18ClN5O2. The van der Waals surface area contributed by atoms with Crippen LogP contribution in [0.1, 0.15) is 25.7 Å². The third-order valence-corrected chi connectivity index (χ3v) is 4.86. The van der Waals surface area contributed by atoms with E-state index in [1.165, 1.54) is 15.4 Å². The minimum absolute atomic E-state index is 0.0460. The molecule has 3 heterocycles. The van der Waals surface area contributed by atoms with E-state index >= 15 is 0 Å². The predicted molar refractivity (Wildman–Crippen MR) is 94.8 cm³/mol. The van der Waals surface area contributed by atoms with Gasteiger partial charge in [0.1, 0.15) is 12.9 Å². The molecule has 1 amide bonds. The molecule has 0 aliphatic carbocycles. The predicted octanol–water partition coefficient (Wildman–Crippen LogP) is 2.10. The SMILES string of the molecule is O=C(Cn1nc2c3ccc(Cl)cc3ncn2c1=O)N1CCCCCC1. The van der Waals surface area contributed by atoms with Crippen molar-refractivity contribution in [2.75, 3.05) is 13.1 Å².